The van der Waals surface area contributed by atoms with Gasteiger partial charge in [0.25, 0.3) is 5.91 Å². The van der Waals surface area contributed by atoms with Crippen LogP contribution in [0.25, 0.3) is 0 Å². The van der Waals surface area contributed by atoms with E-state index in [0.717, 1.165) is 18.7 Å². The third kappa shape index (κ3) is 1.42. The fourth-order valence-electron chi connectivity index (χ4n) is 1.06. The molecule has 0 saturated carbocycles. The Bertz CT molecular complexity index is 310. The van der Waals surface area contributed by atoms with Gasteiger partial charge in [0.1, 0.15) is 6.54 Å². The molecule has 0 aromatic heterocycles. The summed E-state index contributed by atoms with van der Waals surface area (Å²) in [6.45, 7) is 1.92. The summed E-state index contributed by atoms with van der Waals surface area (Å²) < 4.78 is 0. The number of hydrogen-bond donors (Lipinski definition) is 0. The third-order valence-electron chi connectivity index (χ3n) is 1.66. The van der Waals surface area contributed by atoms with Gasteiger partial charge in [0.15, 0.2) is 0 Å². The summed E-state index contributed by atoms with van der Waals surface area (Å²) in [6.07, 6.45) is 0. The van der Waals surface area contributed by atoms with Crippen LogP contribution in [0.4, 0.5) is 4.79 Å². The molecule has 1 fully saturated rings. The van der Waals surface area contributed by atoms with E-state index in [0.29, 0.717) is 4.90 Å². The number of urea groups is 1. The highest BCUT2D eigenvalue weighted by atomic mass is 16.2. The SMILES string of the molecule is CC(=O)N1CC(=O)N(C(C)=O)C1=O. The fraction of sp³-hybridized carbons (Fsp3) is 0.429. The van der Waals surface area contributed by atoms with Crippen LogP contribution >= 0.6 is 0 Å². The molecule has 0 radical (unpaired) electrons. The van der Waals surface area contributed by atoms with Gasteiger partial charge in [-0.05, 0) is 0 Å². The molecule has 6 heteroatoms. The van der Waals surface area contributed by atoms with E-state index in [1.165, 1.54) is 0 Å². The standard InChI is InChI=1S/C7H8N2O4/c1-4(10)8-3-6(12)9(5(2)11)7(8)13/h3H2,1-2H3. The van der Waals surface area contributed by atoms with Crippen LogP contribution in [-0.2, 0) is 14.4 Å². The van der Waals surface area contributed by atoms with Crippen molar-refractivity contribution in [2.24, 2.45) is 0 Å². The van der Waals surface area contributed by atoms with Gasteiger partial charge in [0.2, 0.25) is 11.8 Å². The van der Waals surface area contributed by atoms with Gasteiger partial charge in [0.05, 0.1) is 0 Å². The summed E-state index contributed by atoms with van der Waals surface area (Å²) in [6, 6.07) is -0.856. The number of carbonyl (C=O) groups is 4. The van der Waals surface area contributed by atoms with E-state index >= 15 is 0 Å². The fourth-order valence-corrected chi connectivity index (χ4v) is 1.06. The molecule has 70 valence electrons. The first-order chi connectivity index (χ1) is 5.95. The maximum Gasteiger partial charge on any atom is 0.340 e. The van der Waals surface area contributed by atoms with Crippen LogP contribution in [0.2, 0.25) is 0 Å². The van der Waals surface area contributed by atoms with Crippen LogP contribution < -0.4 is 0 Å². The average Bonchev–Trinajstić information content (AvgIpc) is 2.26. The maximum atomic E-state index is 11.2. The lowest BCUT2D eigenvalue weighted by molar-refractivity contribution is -0.137. The number of carbonyl (C=O) groups excluding carboxylic acids is 4. The quantitative estimate of drug-likeness (QED) is 0.468. The second-order valence-electron chi connectivity index (χ2n) is 2.64. The third-order valence-corrected chi connectivity index (χ3v) is 1.66. The van der Waals surface area contributed by atoms with Gasteiger partial charge in [-0.3, -0.25) is 19.3 Å². The minimum absolute atomic E-state index is 0.340. The van der Waals surface area contributed by atoms with E-state index in [4.69, 9.17) is 0 Å². The summed E-state index contributed by atoms with van der Waals surface area (Å²) in [5, 5.41) is 0. The lowest BCUT2D eigenvalue weighted by Crippen LogP contribution is -2.37. The summed E-state index contributed by atoms with van der Waals surface area (Å²) in [7, 11) is 0. The number of amides is 5. The molecule has 1 heterocycles. The van der Waals surface area contributed by atoms with Crippen molar-refractivity contribution in [3.63, 3.8) is 0 Å². The molecule has 0 spiro atoms. The van der Waals surface area contributed by atoms with E-state index in [-0.39, 0.29) is 6.54 Å². The van der Waals surface area contributed by atoms with Crippen molar-refractivity contribution in [1.29, 1.82) is 0 Å². The Hall–Kier alpha value is -1.72. The minimum Gasteiger partial charge on any atom is -0.275 e. The minimum atomic E-state index is -0.856. The van der Waals surface area contributed by atoms with Gasteiger partial charge in [-0.1, -0.05) is 0 Å². The molecule has 1 aliphatic rings. The van der Waals surface area contributed by atoms with Crippen molar-refractivity contribution in [3.05, 3.63) is 0 Å². The van der Waals surface area contributed by atoms with Crippen LogP contribution in [-0.4, -0.2) is 40.1 Å². The molecular formula is C7H8N2O4. The van der Waals surface area contributed by atoms with Crippen molar-refractivity contribution in [2.45, 2.75) is 13.8 Å². The van der Waals surface area contributed by atoms with E-state index in [2.05, 4.69) is 0 Å². The molecule has 5 amide bonds. The molecule has 1 aliphatic heterocycles. The molecule has 1 saturated heterocycles. The highest BCUT2D eigenvalue weighted by molar-refractivity contribution is 6.18. The van der Waals surface area contributed by atoms with E-state index in [1.54, 1.807) is 0 Å². The summed E-state index contributed by atoms with van der Waals surface area (Å²) in [5.41, 5.74) is 0. The second-order valence-corrected chi connectivity index (χ2v) is 2.64. The van der Waals surface area contributed by atoms with E-state index in [1.807, 2.05) is 0 Å². The number of hydrogen-bond acceptors (Lipinski definition) is 4. The molecule has 0 N–H and O–H groups in total. The van der Waals surface area contributed by atoms with Crippen molar-refractivity contribution >= 4 is 23.8 Å². The zero-order chi connectivity index (χ0) is 10.2. The molecule has 0 bridgehead atoms. The first-order valence-corrected chi connectivity index (χ1v) is 3.60. The summed E-state index contributed by atoms with van der Waals surface area (Å²) >= 11 is 0. The Morgan fingerprint density at radius 2 is 1.69 bits per heavy atom. The molecule has 13 heavy (non-hydrogen) atoms. The van der Waals surface area contributed by atoms with Crippen LogP contribution in [0.1, 0.15) is 13.8 Å². The smallest absolute Gasteiger partial charge is 0.275 e. The maximum absolute atomic E-state index is 11.2. The molecule has 0 aromatic carbocycles. The highest BCUT2D eigenvalue weighted by Crippen LogP contribution is 2.10. The molecule has 1 rings (SSSR count). The molecule has 6 nitrogen and oxygen atoms in total. The Balaban J connectivity index is 2.94. The Kier molecular flexibility index (Phi) is 2.14. The Labute approximate surface area is 74.1 Å². The molecular weight excluding hydrogens is 176 g/mol. The molecule has 0 aromatic rings. The first kappa shape index (κ1) is 9.37. The zero-order valence-corrected chi connectivity index (χ0v) is 7.23. The topological polar surface area (TPSA) is 74.8 Å². The van der Waals surface area contributed by atoms with E-state index in [9.17, 15) is 19.2 Å². The summed E-state index contributed by atoms with van der Waals surface area (Å²) in [4.78, 5) is 45.0. The second kappa shape index (κ2) is 2.96. The highest BCUT2D eigenvalue weighted by Gasteiger charge is 2.40. The number of nitrogens with zero attached hydrogens (tertiary/aromatic N) is 2. The Morgan fingerprint density at radius 1 is 1.15 bits per heavy atom. The summed E-state index contributed by atoms with van der Waals surface area (Å²) in [5.74, 6) is -1.87. The van der Waals surface area contributed by atoms with Gasteiger partial charge in [-0.2, -0.15) is 4.90 Å². The lowest BCUT2D eigenvalue weighted by atomic mass is 10.5. The largest absolute Gasteiger partial charge is 0.340 e. The first-order valence-electron chi connectivity index (χ1n) is 3.60. The Morgan fingerprint density at radius 3 is 1.92 bits per heavy atom. The predicted octanol–water partition coefficient (Wildman–Crippen LogP) is -0.656. The van der Waals surface area contributed by atoms with Crippen LogP contribution in [0.15, 0.2) is 0 Å². The van der Waals surface area contributed by atoms with Gasteiger partial charge in [0, 0.05) is 13.8 Å². The number of imide groups is 4. The van der Waals surface area contributed by atoms with E-state index < -0.39 is 23.8 Å². The molecule has 0 atom stereocenters. The van der Waals surface area contributed by atoms with Gasteiger partial charge < -0.3 is 0 Å². The van der Waals surface area contributed by atoms with Crippen molar-refractivity contribution in [2.75, 3.05) is 6.54 Å². The van der Waals surface area contributed by atoms with Crippen molar-refractivity contribution < 1.29 is 19.2 Å². The van der Waals surface area contributed by atoms with Crippen LogP contribution in [0, 0.1) is 0 Å². The predicted molar refractivity (Wildman–Crippen MR) is 40.3 cm³/mol. The van der Waals surface area contributed by atoms with Crippen molar-refractivity contribution in [1.82, 2.24) is 9.80 Å². The molecule has 0 aliphatic carbocycles. The van der Waals surface area contributed by atoms with Gasteiger partial charge in [-0.25, -0.2) is 4.79 Å². The zero-order valence-electron chi connectivity index (χ0n) is 7.23. The average molecular weight is 184 g/mol. The number of rotatable bonds is 0. The normalized spacial score (nSPS) is 16.8. The monoisotopic (exact) mass is 184 g/mol. The van der Waals surface area contributed by atoms with Gasteiger partial charge >= 0.3 is 6.03 Å². The van der Waals surface area contributed by atoms with Crippen LogP contribution in [0.3, 0.4) is 0 Å². The van der Waals surface area contributed by atoms with Crippen molar-refractivity contribution in [3.8, 4) is 0 Å². The van der Waals surface area contributed by atoms with Gasteiger partial charge in [-0.15, -0.1) is 0 Å². The lowest BCUT2D eigenvalue weighted by Gasteiger charge is -2.10. The molecule has 0 unspecified atom stereocenters. The van der Waals surface area contributed by atoms with Crippen LogP contribution in [0.5, 0.6) is 0 Å².